The SMILES string of the molecule is COCOc1cc(/C=C/C(=O)c2ccccc2O)ccc1OCc1ccccc1. The third-order valence-electron chi connectivity index (χ3n) is 4.13. The van der Waals surface area contributed by atoms with E-state index in [1.807, 2.05) is 36.4 Å². The maximum absolute atomic E-state index is 12.3. The minimum atomic E-state index is -0.285. The minimum Gasteiger partial charge on any atom is -0.507 e. The molecule has 5 nitrogen and oxygen atoms in total. The summed E-state index contributed by atoms with van der Waals surface area (Å²) in [7, 11) is 1.54. The van der Waals surface area contributed by atoms with Gasteiger partial charge in [0.05, 0.1) is 5.56 Å². The van der Waals surface area contributed by atoms with Gasteiger partial charge in [0.1, 0.15) is 12.4 Å². The van der Waals surface area contributed by atoms with Crippen molar-refractivity contribution in [3.63, 3.8) is 0 Å². The standard InChI is InChI=1S/C24H22O5/c1-27-17-29-24-15-18(11-13-22(26)20-9-5-6-10-21(20)25)12-14-23(24)28-16-19-7-3-2-4-8-19/h2-15,25H,16-17H2,1H3/b13-11+. The molecule has 0 aliphatic heterocycles. The van der Waals surface area contributed by atoms with Crippen molar-refractivity contribution in [2.24, 2.45) is 0 Å². The number of ketones is 1. The summed E-state index contributed by atoms with van der Waals surface area (Å²) in [5.74, 6) is 0.762. The summed E-state index contributed by atoms with van der Waals surface area (Å²) >= 11 is 0. The Morgan fingerprint density at radius 2 is 1.69 bits per heavy atom. The molecule has 0 heterocycles. The summed E-state index contributed by atoms with van der Waals surface area (Å²) in [5, 5.41) is 9.80. The first-order chi connectivity index (χ1) is 14.2. The molecule has 0 spiro atoms. The molecular formula is C24H22O5. The average molecular weight is 390 g/mol. The van der Waals surface area contributed by atoms with Gasteiger partial charge in [0, 0.05) is 7.11 Å². The van der Waals surface area contributed by atoms with Gasteiger partial charge >= 0.3 is 0 Å². The number of methoxy groups -OCH3 is 1. The number of hydrogen-bond acceptors (Lipinski definition) is 5. The van der Waals surface area contributed by atoms with Crippen molar-refractivity contribution >= 4 is 11.9 Å². The fourth-order valence-electron chi connectivity index (χ4n) is 2.66. The molecule has 3 rings (SSSR count). The van der Waals surface area contributed by atoms with Crippen molar-refractivity contribution in [3.05, 3.63) is 95.6 Å². The molecule has 0 aliphatic rings. The van der Waals surface area contributed by atoms with E-state index in [-0.39, 0.29) is 23.9 Å². The molecule has 1 N–H and O–H groups in total. The number of aromatic hydroxyl groups is 1. The van der Waals surface area contributed by atoms with Crippen molar-refractivity contribution in [3.8, 4) is 17.2 Å². The number of ether oxygens (including phenoxy) is 3. The molecule has 0 unspecified atom stereocenters. The number of carbonyl (C=O) groups excluding carboxylic acids is 1. The topological polar surface area (TPSA) is 65.0 Å². The number of phenolic OH excluding ortho intramolecular Hbond substituents is 1. The molecule has 0 bridgehead atoms. The van der Waals surface area contributed by atoms with Crippen LogP contribution in [0, 0.1) is 0 Å². The van der Waals surface area contributed by atoms with Crippen LogP contribution in [-0.4, -0.2) is 24.8 Å². The molecule has 3 aromatic rings. The van der Waals surface area contributed by atoms with Gasteiger partial charge in [0.25, 0.3) is 0 Å². The van der Waals surface area contributed by atoms with Crippen LogP contribution in [-0.2, 0) is 11.3 Å². The predicted octanol–water partition coefficient (Wildman–Crippen LogP) is 4.85. The van der Waals surface area contributed by atoms with Crippen molar-refractivity contribution in [2.75, 3.05) is 13.9 Å². The van der Waals surface area contributed by atoms with E-state index in [2.05, 4.69) is 0 Å². The molecule has 0 fully saturated rings. The lowest BCUT2D eigenvalue weighted by atomic mass is 10.1. The lowest BCUT2D eigenvalue weighted by molar-refractivity contribution is 0.0484. The molecule has 5 heteroatoms. The second kappa shape index (κ2) is 10.1. The van der Waals surface area contributed by atoms with E-state index in [9.17, 15) is 9.90 Å². The normalized spacial score (nSPS) is 10.8. The third kappa shape index (κ3) is 5.70. The summed E-state index contributed by atoms with van der Waals surface area (Å²) < 4.78 is 16.5. The Labute approximate surface area is 169 Å². The Bertz CT molecular complexity index is 980. The highest BCUT2D eigenvalue weighted by atomic mass is 16.7. The summed E-state index contributed by atoms with van der Waals surface area (Å²) in [6.07, 6.45) is 3.07. The molecule has 0 aliphatic carbocycles. The van der Waals surface area contributed by atoms with E-state index in [1.165, 1.54) is 12.1 Å². The van der Waals surface area contributed by atoms with E-state index in [0.29, 0.717) is 18.1 Å². The van der Waals surface area contributed by atoms with E-state index < -0.39 is 0 Å². The van der Waals surface area contributed by atoms with Gasteiger partial charge < -0.3 is 19.3 Å². The van der Waals surface area contributed by atoms with Gasteiger partial charge in [-0.2, -0.15) is 0 Å². The highest BCUT2D eigenvalue weighted by Crippen LogP contribution is 2.30. The molecular weight excluding hydrogens is 368 g/mol. The van der Waals surface area contributed by atoms with Crippen LogP contribution in [0.15, 0.2) is 78.9 Å². The van der Waals surface area contributed by atoms with Crippen LogP contribution in [0.2, 0.25) is 0 Å². The Morgan fingerprint density at radius 3 is 2.45 bits per heavy atom. The van der Waals surface area contributed by atoms with Crippen LogP contribution < -0.4 is 9.47 Å². The van der Waals surface area contributed by atoms with Crippen molar-refractivity contribution in [2.45, 2.75) is 6.61 Å². The maximum Gasteiger partial charge on any atom is 0.189 e. The van der Waals surface area contributed by atoms with E-state index in [0.717, 1.165) is 11.1 Å². The van der Waals surface area contributed by atoms with Crippen LogP contribution in [0.25, 0.3) is 6.08 Å². The predicted molar refractivity (Wildman–Crippen MR) is 111 cm³/mol. The number of allylic oxidation sites excluding steroid dienone is 1. The number of para-hydroxylation sites is 1. The largest absolute Gasteiger partial charge is 0.507 e. The molecule has 0 saturated carbocycles. The van der Waals surface area contributed by atoms with Crippen molar-refractivity contribution < 1.29 is 24.1 Å². The Kier molecular flexibility index (Phi) is 7.03. The second-order valence-electron chi connectivity index (χ2n) is 6.25. The number of phenols is 1. The molecule has 3 aromatic carbocycles. The summed E-state index contributed by atoms with van der Waals surface area (Å²) in [4.78, 5) is 12.3. The van der Waals surface area contributed by atoms with E-state index in [1.54, 1.807) is 43.5 Å². The van der Waals surface area contributed by atoms with Gasteiger partial charge in [0.2, 0.25) is 0 Å². The van der Waals surface area contributed by atoms with Gasteiger partial charge in [-0.3, -0.25) is 4.79 Å². The fourth-order valence-corrected chi connectivity index (χ4v) is 2.66. The quantitative estimate of drug-likeness (QED) is 0.321. The van der Waals surface area contributed by atoms with Crippen molar-refractivity contribution in [1.29, 1.82) is 0 Å². The first-order valence-electron chi connectivity index (χ1n) is 9.10. The average Bonchev–Trinajstić information content (AvgIpc) is 2.76. The molecule has 0 amide bonds. The molecule has 29 heavy (non-hydrogen) atoms. The smallest absolute Gasteiger partial charge is 0.189 e. The maximum atomic E-state index is 12.3. The first-order valence-corrected chi connectivity index (χ1v) is 9.10. The lowest BCUT2D eigenvalue weighted by Crippen LogP contribution is -2.03. The highest BCUT2D eigenvalue weighted by molar-refractivity contribution is 6.08. The number of benzene rings is 3. The summed E-state index contributed by atoms with van der Waals surface area (Å²) in [5.41, 5.74) is 2.05. The molecule has 148 valence electrons. The van der Waals surface area contributed by atoms with Gasteiger partial charge in [-0.05, 0) is 41.5 Å². The van der Waals surface area contributed by atoms with Crippen LogP contribution in [0.4, 0.5) is 0 Å². The number of rotatable bonds is 9. The molecule has 0 atom stereocenters. The Balaban J connectivity index is 1.75. The lowest BCUT2D eigenvalue weighted by Gasteiger charge is -2.13. The van der Waals surface area contributed by atoms with Gasteiger partial charge in [-0.15, -0.1) is 0 Å². The molecule has 0 aromatic heterocycles. The van der Waals surface area contributed by atoms with Crippen LogP contribution in [0.5, 0.6) is 17.2 Å². The second-order valence-corrected chi connectivity index (χ2v) is 6.25. The van der Waals surface area contributed by atoms with Crippen LogP contribution in [0.3, 0.4) is 0 Å². The monoisotopic (exact) mass is 390 g/mol. The highest BCUT2D eigenvalue weighted by Gasteiger charge is 2.09. The summed E-state index contributed by atoms with van der Waals surface area (Å²) in [6, 6.07) is 21.7. The van der Waals surface area contributed by atoms with Crippen molar-refractivity contribution in [1.82, 2.24) is 0 Å². The summed E-state index contributed by atoms with van der Waals surface area (Å²) in [6.45, 7) is 0.483. The first kappa shape index (κ1) is 20.2. The molecule has 0 saturated heterocycles. The number of hydrogen-bond donors (Lipinski definition) is 1. The van der Waals surface area contributed by atoms with Crippen LogP contribution in [0.1, 0.15) is 21.5 Å². The Hall–Kier alpha value is -3.57. The van der Waals surface area contributed by atoms with Gasteiger partial charge in [-0.25, -0.2) is 0 Å². The van der Waals surface area contributed by atoms with Gasteiger partial charge in [0.15, 0.2) is 24.1 Å². The zero-order valence-corrected chi connectivity index (χ0v) is 16.1. The third-order valence-corrected chi connectivity index (χ3v) is 4.13. The fraction of sp³-hybridized carbons (Fsp3) is 0.125. The van der Waals surface area contributed by atoms with Gasteiger partial charge in [-0.1, -0.05) is 54.6 Å². The number of carbonyl (C=O) groups is 1. The zero-order chi connectivity index (χ0) is 20.5. The molecule has 0 radical (unpaired) electrons. The van der Waals surface area contributed by atoms with E-state index >= 15 is 0 Å². The van der Waals surface area contributed by atoms with E-state index in [4.69, 9.17) is 14.2 Å². The minimum absolute atomic E-state index is 0.0454. The Morgan fingerprint density at radius 1 is 0.931 bits per heavy atom. The van der Waals surface area contributed by atoms with Crippen LogP contribution >= 0.6 is 0 Å². The zero-order valence-electron chi connectivity index (χ0n) is 16.1.